The lowest BCUT2D eigenvalue weighted by molar-refractivity contribution is 0.423. The summed E-state index contributed by atoms with van der Waals surface area (Å²) in [4.78, 5) is 0. The van der Waals surface area contributed by atoms with Gasteiger partial charge >= 0.3 is 0 Å². The molecule has 0 spiro atoms. The van der Waals surface area contributed by atoms with Gasteiger partial charge in [-0.15, -0.1) is 0 Å². The average Bonchev–Trinajstić information content (AvgIpc) is 2.69. The summed E-state index contributed by atoms with van der Waals surface area (Å²) in [6, 6.07) is 6.82. The molecule has 2 aromatic rings. The van der Waals surface area contributed by atoms with Gasteiger partial charge in [0.05, 0.1) is 12.2 Å². The minimum Gasteiger partial charge on any atom is -0.308 e. The predicted octanol–water partition coefficient (Wildman–Crippen LogP) is 3.27. The lowest BCUT2D eigenvalue weighted by atomic mass is 10.1. The van der Waals surface area contributed by atoms with Crippen LogP contribution in [0.3, 0.4) is 0 Å². The molecule has 0 saturated heterocycles. The van der Waals surface area contributed by atoms with E-state index in [-0.39, 0.29) is 11.4 Å². The second-order valence-corrected chi connectivity index (χ2v) is 6.13. The van der Waals surface area contributed by atoms with Crippen LogP contribution in [0.4, 0.5) is 4.39 Å². The fraction of sp³-hybridized carbons (Fsp3) is 0.438. The Morgan fingerprint density at radius 3 is 2.55 bits per heavy atom. The van der Waals surface area contributed by atoms with E-state index in [9.17, 15) is 4.39 Å². The van der Waals surface area contributed by atoms with Gasteiger partial charge in [-0.2, -0.15) is 5.10 Å². The maximum Gasteiger partial charge on any atom is 0.128 e. The normalized spacial score (nSPS) is 11.8. The van der Waals surface area contributed by atoms with Crippen molar-refractivity contribution in [2.75, 3.05) is 0 Å². The van der Waals surface area contributed by atoms with Gasteiger partial charge in [0.1, 0.15) is 5.82 Å². The summed E-state index contributed by atoms with van der Waals surface area (Å²) in [5, 5.41) is 7.90. The molecule has 1 aromatic heterocycles. The molecule has 0 fully saturated rings. The molecule has 1 aromatic carbocycles. The van der Waals surface area contributed by atoms with E-state index in [1.165, 1.54) is 6.07 Å². The first kappa shape index (κ1) is 14.7. The highest BCUT2D eigenvalue weighted by atomic mass is 19.1. The fourth-order valence-corrected chi connectivity index (χ4v) is 1.98. The van der Waals surface area contributed by atoms with Gasteiger partial charge in [-0.1, -0.05) is 18.2 Å². The standard InChI is InChI=1S/C16H22FN3/c1-12-14(9-18-16(2,3)4)11-20(19-12)10-13-7-5-6-8-15(13)17/h5-8,11,18H,9-10H2,1-4H3. The van der Waals surface area contributed by atoms with E-state index in [0.29, 0.717) is 12.1 Å². The number of rotatable bonds is 4. The zero-order chi connectivity index (χ0) is 14.8. The summed E-state index contributed by atoms with van der Waals surface area (Å²) in [5.74, 6) is -0.185. The molecule has 2 rings (SSSR count). The highest BCUT2D eigenvalue weighted by Crippen LogP contribution is 2.12. The smallest absolute Gasteiger partial charge is 0.128 e. The lowest BCUT2D eigenvalue weighted by Gasteiger charge is -2.20. The second kappa shape index (κ2) is 5.75. The summed E-state index contributed by atoms with van der Waals surface area (Å²) >= 11 is 0. The maximum absolute atomic E-state index is 13.6. The van der Waals surface area contributed by atoms with Crippen LogP contribution in [0.2, 0.25) is 0 Å². The molecule has 0 radical (unpaired) electrons. The molecule has 1 heterocycles. The first-order chi connectivity index (χ1) is 9.35. The third-order valence-corrected chi connectivity index (χ3v) is 3.15. The van der Waals surface area contributed by atoms with Crippen LogP contribution in [0.25, 0.3) is 0 Å². The Balaban J connectivity index is 2.09. The quantitative estimate of drug-likeness (QED) is 0.928. The van der Waals surface area contributed by atoms with E-state index in [1.807, 2.05) is 19.2 Å². The van der Waals surface area contributed by atoms with Crippen LogP contribution in [0.5, 0.6) is 0 Å². The molecule has 0 aliphatic heterocycles. The van der Waals surface area contributed by atoms with Gasteiger partial charge in [-0.3, -0.25) is 4.68 Å². The highest BCUT2D eigenvalue weighted by molar-refractivity contribution is 5.20. The molecule has 0 unspecified atom stereocenters. The summed E-state index contributed by atoms with van der Waals surface area (Å²) in [6.45, 7) is 9.61. The minimum atomic E-state index is -0.185. The van der Waals surface area contributed by atoms with E-state index in [0.717, 1.165) is 17.8 Å². The molecule has 0 amide bonds. The molecular formula is C16H22FN3. The van der Waals surface area contributed by atoms with E-state index >= 15 is 0 Å². The number of aromatic nitrogens is 2. The van der Waals surface area contributed by atoms with Crippen molar-refractivity contribution in [3.63, 3.8) is 0 Å². The third kappa shape index (κ3) is 3.90. The summed E-state index contributed by atoms with van der Waals surface area (Å²) in [6.07, 6.45) is 1.99. The zero-order valence-electron chi connectivity index (χ0n) is 12.6. The van der Waals surface area contributed by atoms with Crippen molar-refractivity contribution >= 4 is 0 Å². The molecule has 3 nitrogen and oxygen atoms in total. The molecule has 1 N–H and O–H groups in total. The summed E-state index contributed by atoms with van der Waals surface area (Å²) < 4.78 is 15.4. The van der Waals surface area contributed by atoms with Crippen molar-refractivity contribution in [1.29, 1.82) is 0 Å². The second-order valence-electron chi connectivity index (χ2n) is 6.13. The lowest BCUT2D eigenvalue weighted by Crippen LogP contribution is -2.35. The van der Waals surface area contributed by atoms with Crippen LogP contribution in [-0.4, -0.2) is 15.3 Å². The molecule has 20 heavy (non-hydrogen) atoms. The number of hydrogen-bond donors (Lipinski definition) is 1. The van der Waals surface area contributed by atoms with Crippen molar-refractivity contribution in [3.05, 3.63) is 53.1 Å². The van der Waals surface area contributed by atoms with Crippen LogP contribution in [0.15, 0.2) is 30.5 Å². The maximum atomic E-state index is 13.6. The van der Waals surface area contributed by atoms with Crippen LogP contribution >= 0.6 is 0 Å². The Hall–Kier alpha value is -1.68. The van der Waals surface area contributed by atoms with E-state index in [1.54, 1.807) is 16.8 Å². The highest BCUT2D eigenvalue weighted by Gasteiger charge is 2.12. The van der Waals surface area contributed by atoms with Crippen LogP contribution in [-0.2, 0) is 13.1 Å². The molecule has 0 atom stereocenters. The summed E-state index contributed by atoms with van der Waals surface area (Å²) in [7, 11) is 0. The number of aryl methyl sites for hydroxylation is 1. The SMILES string of the molecule is Cc1nn(Cc2ccccc2F)cc1CNC(C)(C)C. The number of halogens is 1. The van der Waals surface area contributed by atoms with Crippen molar-refractivity contribution in [2.45, 2.75) is 46.3 Å². The first-order valence-corrected chi connectivity index (χ1v) is 6.86. The molecule has 108 valence electrons. The van der Waals surface area contributed by atoms with Crippen molar-refractivity contribution < 1.29 is 4.39 Å². The average molecular weight is 275 g/mol. The van der Waals surface area contributed by atoms with Crippen LogP contribution in [0, 0.1) is 12.7 Å². The van der Waals surface area contributed by atoms with Gasteiger partial charge < -0.3 is 5.32 Å². The van der Waals surface area contributed by atoms with Gasteiger partial charge in [-0.25, -0.2) is 4.39 Å². The van der Waals surface area contributed by atoms with Crippen LogP contribution < -0.4 is 5.32 Å². The monoisotopic (exact) mass is 275 g/mol. The zero-order valence-corrected chi connectivity index (χ0v) is 12.6. The molecular weight excluding hydrogens is 253 g/mol. The number of benzene rings is 1. The Bertz CT molecular complexity index is 582. The summed E-state index contributed by atoms with van der Waals surface area (Å²) in [5.41, 5.74) is 2.86. The number of hydrogen-bond acceptors (Lipinski definition) is 2. The van der Waals surface area contributed by atoms with E-state index in [4.69, 9.17) is 0 Å². The molecule has 0 bridgehead atoms. The third-order valence-electron chi connectivity index (χ3n) is 3.15. The number of nitrogens with zero attached hydrogens (tertiary/aromatic N) is 2. The molecule has 0 aliphatic rings. The molecule has 0 aliphatic carbocycles. The van der Waals surface area contributed by atoms with Gasteiger partial charge in [0.2, 0.25) is 0 Å². The van der Waals surface area contributed by atoms with Gasteiger partial charge in [0.15, 0.2) is 0 Å². The Morgan fingerprint density at radius 1 is 1.20 bits per heavy atom. The van der Waals surface area contributed by atoms with Crippen molar-refractivity contribution in [2.24, 2.45) is 0 Å². The number of nitrogens with one attached hydrogen (secondary N) is 1. The molecule has 0 saturated carbocycles. The predicted molar refractivity (Wildman–Crippen MR) is 79.1 cm³/mol. The van der Waals surface area contributed by atoms with Gasteiger partial charge in [0, 0.05) is 29.4 Å². The Labute approximate surface area is 119 Å². The Kier molecular flexibility index (Phi) is 4.23. The first-order valence-electron chi connectivity index (χ1n) is 6.86. The largest absolute Gasteiger partial charge is 0.308 e. The van der Waals surface area contributed by atoms with Gasteiger partial charge in [0.25, 0.3) is 0 Å². The Morgan fingerprint density at radius 2 is 1.90 bits per heavy atom. The van der Waals surface area contributed by atoms with Crippen molar-refractivity contribution in [3.8, 4) is 0 Å². The van der Waals surface area contributed by atoms with Gasteiger partial charge in [-0.05, 0) is 33.8 Å². The van der Waals surface area contributed by atoms with E-state index in [2.05, 4.69) is 31.2 Å². The van der Waals surface area contributed by atoms with Crippen molar-refractivity contribution in [1.82, 2.24) is 15.1 Å². The topological polar surface area (TPSA) is 29.9 Å². The fourth-order valence-electron chi connectivity index (χ4n) is 1.98. The van der Waals surface area contributed by atoms with E-state index < -0.39 is 0 Å². The molecule has 4 heteroatoms. The van der Waals surface area contributed by atoms with Crippen LogP contribution in [0.1, 0.15) is 37.6 Å². The minimum absolute atomic E-state index is 0.0695.